The fourth-order valence-electron chi connectivity index (χ4n) is 4.21. The van der Waals surface area contributed by atoms with Crippen LogP contribution in [0.15, 0.2) is 36.4 Å². The van der Waals surface area contributed by atoms with Gasteiger partial charge in [-0.3, -0.25) is 4.68 Å². The lowest BCUT2D eigenvalue weighted by Crippen LogP contribution is -2.26. The van der Waals surface area contributed by atoms with Gasteiger partial charge in [0.05, 0.1) is 23.5 Å². The SMILES string of the molecule is N#Cc1csc(N2CC[C@H](C(CF)n3cc(-c4ncnc5[nH]ccc45)cn3)C2)c1C#N. The molecule has 0 saturated carbocycles. The van der Waals surface area contributed by atoms with Crippen LogP contribution in [0.3, 0.4) is 0 Å². The fourth-order valence-corrected chi connectivity index (χ4v) is 5.20. The molecule has 154 valence electrons. The van der Waals surface area contributed by atoms with E-state index in [1.165, 1.54) is 17.7 Å². The molecule has 8 nitrogen and oxygen atoms in total. The summed E-state index contributed by atoms with van der Waals surface area (Å²) in [6.07, 6.45) is 7.63. The number of aromatic nitrogens is 5. The highest BCUT2D eigenvalue weighted by atomic mass is 32.1. The molecule has 1 aliphatic heterocycles. The van der Waals surface area contributed by atoms with Crippen LogP contribution in [-0.4, -0.2) is 44.5 Å². The maximum atomic E-state index is 14.1. The van der Waals surface area contributed by atoms with Crippen molar-refractivity contribution < 1.29 is 4.39 Å². The van der Waals surface area contributed by atoms with Gasteiger partial charge in [-0.05, 0) is 12.5 Å². The molecule has 0 aromatic carbocycles. The van der Waals surface area contributed by atoms with Gasteiger partial charge in [-0.2, -0.15) is 15.6 Å². The van der Waals surface area contributed by atoms with Gasteiger partial charge in [-0.1, -0.05) is 0 Å². The number of anilines is 1. The Labute approximate surface area is 181 Å². The summed E-state index contributed by atoms with van der Waals surface area (Å²) in [6.45, 7) is 0.784. The molecule has 0 spiro atoms. The van der Waals surface area contributed by atoms with Crippen LogP contribution in [0.4, 0.5) is 9.39 Å². The molecule has 5 rings (SSSR count). The summed E-state index contributed by atoms with van der Waals surface area (Å²) in [6, 6.07) is 5.70. The van der Waals surface area contributed by atoms with E-state index in [1.54, 1.807) is 16.3 Å². The topological polar surface area (TPSA) is 110 Å². The predicted molar refractivity (Wildman–Crippen MR) is 114 cm³/mol. The Morgan fingerprint density at radius 3 is 3.03 bits per heavy atom. The number of halogens is 1. The van der Waals surface area contributed by atoms with Crippen molar-refractivity contribution in [3.8, 4) is 23.4 Å². The highest BCUT2D eigenvalue weighted by molar-refractivity contribution is 7.14. The Bertz CT molecular complexity index is 1320. The molecule has 31 heavy (non-hydrogen) atoms. The number of rotatable bonds is 5. The Kier molecular flexibility index (Phi) is 4.85. The van der Waals surface area contributed by atoms with Crippen LogP contribution in [-0.2, 0) is 0 Å². The summed E-state index contributed by atoms with van der Waals surface area (Å²) in [5.41, 5.74) is 3.11. The molecule has 0 aliphatic carbocycles. The number of H-pyrrole nitrogens is 1. The molecule has 4 aromatic heterocycles. The molecule has 0 bridgehead atoms. The van der Waals surface area contributed by atoms with Crippen molar-refractivity contribution in [3.63, 3.8) is 0 Å². The van der Waals surface area contributed by atoms with Gasteiger partial charge in [0.2, 0.25) is 0 Å². The number of hydrogen-bond acceptors (Lipinski definition) is 7. The monoisotopic (exact) mass is 432 g/mol. The normalized spacial score (nSPS) is 17.0. The van der Waals surface area contributed by atoms with E-state index >= 15 is 0 Å². The summed E-state index contributed by atoms with van der Waals surface area (Å²) in [5, 5.41) is 26.5. The second kappa shape index (κ2) is 7.82. The largest absolute Gasteiger partial charge is 0.362 e. The first-order chi connectivity index (χ1) is 15.2. The molecule has 2 atom stereocenters. The zero-order valence-electron chi connectivity index (χ0n) is 16.4. The molecule has 0 radical (unpaired) electrons. The third kappa shape index (κ3) is 3.22. The Morgan fingerprint density at radius 1 is 1.32 bits per heavy atom. The van der Waals surface area contributed by atoms with Gasteiger partial charge in [-0.25, -0.2) is 14.4 Å². The minimum Gasteiger partial charge on any atom is -0.362 e. The molecule has 4 aromatic rings. The molecule has 1 saturated heterocycles. The van der Waals surface area contributed by atoms with Gasteiger partial charge >= 0.3 is 0 Å². The number of hydrogen-bond donors (Lipinski definition) is 1. The molecule has 10 heteroatoms. The Hall–Kier alpha value is -3.76. The van der Waals surface area contributed by atoms with Crippen LogP contribution in [0.5, 0.6) is 0 Å². The van der Waals surface area contributed by atoms with E-state index < -0.39 is 12.7 Å². The molecule has 1 aliphatic rings. The highest BCUT2D eigenvalue weighted by Gasteiger charge is 2.33. The first-order valence-electron chi connectivity index (χ1n) is 9.78. The number of nitrogens with zero attached hydrogens (tertiary/aromatic N) is 7. The van der Waals surface area contributed by atoms with Crippen LogP contribution in [0, 0.1) is 28.6 Å². The molecular formula is C21H17FN8S. The summed E-state index contributed by atoms with van der Waals surface area (Å²) in [5.74, 6) is 0.0367. The van der Waals surface area contributed by atoms with E-state index in [-0.39, 0.29) is 5.92 Å². The first-order valence-corrected chi connectivity index (χ1v) is 10.7. The number of alkyl halides is 1. The van der Waals surface area contributed by atoms with E-state index in [0.717, 1.165) is 33.7 Å². The first kappa shape index (κ1) is 19.2. The zero-order valence-corrected chi connectivity index (χ0v) is 17.2. The number of aromatic amines is 1. The standard InChI is InChI=1S/C21H17FN8S/c22-5-18(13-2-4-29(9-13)21-17(7-24)14(6-23)11-31-21)30-10-15(8-28-30)19-16-1-3-25-20(16)27-12-26-19/h1,3,8,10-13,18H,2,4-5,9H2,(H,25,26,27)/t13-,18?/m0/s1. The third-order valence-corrected chi connectivity index (χ3v) is 6.83. The summed E-state index contributed by atoms with van der Waals surface area (Å²) >= 11 is 1.39. The van der Waals surface area contributed by atoms with Crippen LogP contribution in [0.2, 0.25) is 0 Å². The van der Waals surface area contributed by atoms with Crippen molar-refractivity contribution >= 4 is 27.4 Å². The maximum Gasteiger partial charge on any atom is 0.141 e. The van der Waals surface area contributed by atoms with Gasteiger partial charge in [0.1, 0.15) is 41.4 Å². The van der Waals surface area contributed by atoms with Gasteiger partial charge in [0.15, 0.2) is 0 Å². The van der Waals surface area contributed by atoms with E-state index in [4.69, 9.17) is 0 Å². The van der Waals surface area contributed by atoms with Crippen molar-refractivity contribution in [2.75, 3.05) is 24.7 Å². The lowest BCUT2D eigenvalue weighted by molar-refractivity contribution is 0.257. The van der Waals surface area contributed by atoms with Crippen LogP contribution < -0.4 is 4.90 Å². The minimum atomic E-state index is -0.540. The Balaban J connectivity index is 1.39. The van der Waals surface area contributed by atoms with Gasteiger partial charge in [0, 0.05) is 47.7 Å². The summed E-state index contributed by atoms with van der Waals surface area (Å²) in [7, 11) is 0. The van der Waals surface area contributed by atoms with E-state index in [2.05, 4.69) is 37.1 Å². The van der Waals surface area contributed by atoms with Crippen LogP contribution in [0.25, 0.3) is 22.3 Å². The minimum absolute atomic E-state index is 0.0367. The lowest BCUT2D eigenvalue weighted by atomic mass is 10.0. The third-order valence-electron chi connectivity index (χ3n) is 5.79. The molecule has 1 N–H and O–H groups in total. The van der Waals surface area contributed by atoms with Crippen LogP contribution >= 0.6 is 11.3 Å². The summed E-state index contributed by atoms with van der Waals surface area (Å²) < 4.78 is 15.8. The zero-order chi connectivity index (χ0) is 21.4. The van der Waals surface area contributed by atoms with Crippen molar-refractivity contribution in [2.24, 2.45) is 5.92 Å². The highest BCUT2D eigenvalue weighted by Crippen LogP contribution is 2.37. The molecule has 1 unspecified atom stereocenters. The fraction of sp³-hybridized carbons (Fsp3) is 0.286. The van der Waals surface area contributed by atoms with Crippen LogP contribution in [0.1, 0.15) is 23.6 Å². The maximum absolute atomic E-state index is 14.1. The van der Waals surface area contributed by atoms with E-state index in [1.807, 2.05) is 18.5 Å². The number of thiophene rings is 1. The van der Waals surface area contributed by atoms with Crippen molar-refractivity contribution in [3.05, 3.63) is 47.5 Å². The molecular weight excluding hydrogens is 415 g/mol. The van der Waals surface area contributed by atoms with E-state index in [9.17, 15) is 14.9 Å². The van der Waals surface area contributed by atoms with Gasteiger partial charge in [0.25, 0.3) is 0 Å². The number of fused-ring (bicyclic) bond motifs is 1. The predicted octanol–water partition coefficient (Wildman–Crippen LogP) is 3.66. The lowest BCUT2D eigenvalue weighted by Gasteiger charge is -2.22. The quantitative estimate of drug-likeness (QED) is 0.515. The van der Waals surface area contributed by atoms with Gasteiger partial charge in [-0.15, -0.1) is 11.3 Å². The van der Waals surface area contributed by atoms with Crippen molar-refractivity contribution in [2.45, 2.75) is 12.5 Å². The van der Waals surface area contributed by atoms with Crippen molar-refractivity contribution in [1.82, 2.24) is 24.7 Å². The number of nitriles is 2. The smallest absolute Gasteiger partial charge is 0.141 e. The van der Waals surface area contributed by atoms with Gasteiger partial charge < -0.3 is 9.88 Å². The average Bonchev–Trinajstić information content (AvgIpc) is 3.59. The molecule has 0 amide bonds. The number of nitrogens with one attached hydrogen (secondary N) is 1. The second-order valence-corrected chi connectivity index (χ2v) is 8.30. The molecule has 1 fully saturated rings. The Morgan fingerprint density at radius 2 is 2.23 bits per heavy atom. The van der Waals surface area contributed by atoms with E-state index in [0.29, 0.717) is 24.2 Å². The summed E-state index contributed by atoms with van der Waals surface area (Å²) in [4.78, 5) is 13.7. The average molecular weight is 432 g/mol. The molecule has 5 heterocycles. The second-order valence-electron chi connectivity index (χ2n) is 7.44. The van der Waals surface area contributed by atoms with Crippen molar-refractivity contribution in [1.29, 1.82) is 10.5 Å².